The van der Waals surface area contributed by atoms with Gasteiger partial charge in [0.25, 0.3) is 10.0 Å². The zero-order valence-electron chi connectivity index (χ0n) is 13.4. The number of hydrogen-bond donors (Lipinski definition) is 2. The molecule has 7 nitrogen and oxygen atoms in total. The fourth-order valence-corrected chi connectivity index (χ4v) is 3.82. The molecule has 0 aliphatic carbocycles. The number of aromatic nitrogens is 1. The lowest BCUT2D eigenvalue weighted by molar-refractivity contribution is -0.131. The van der Waals surface area contributed by atoms with Gasteiger partial charge in [0, 0.05) is 29.4 Å². The molecule has 26 heavy (non-hydrogen) atoms. The van der Waals surface area contributed by atoms with E-state index in [0.29, 0.717) is 16.6 Å². The molecule has 0 atom stereocenters. The third-order valence-corrected chi connectivity index (χ3v) is 5.30. The Kier molecular flexibility index (Phi) is 4.59. The number of carboxylic acid groups (broad SMARTS) is 1. The standard InChI is InChI=1S/C18H14N2O5S/c21-17(8-9-18(22)23)19-14-6-7-16-13(12-14)10-11-20(16)26(24,25)15-4-2-1-3-5-15/h1-12H,(H,19,21)(H,22,23). The smallest absolute Gasteiger partial charge is 0.328 e. The molecule has 0 spiro atoms. The van der Waals surface area contributed by atoms with Crippen molar-refractivity contribution in [1.82, 2.24) is 3.97 Å². The first-order valence-corrected chi connectivity index (χ1v) is 8.96. The van der Waals surface area contributed by atoms with E-state index in [1.807, 2.05) is 0 Å². The Balaban J connectivity index is 1.93. The van der Waals surface area contributed by atoms with E-state index in [0.717, 1.165) is 12.2 Å². The molecule has 0 bridgehead atoms. The number of hydrogen-bond acceptors (Lipinski definition) is 4. The summed E-state index contributed by atoms with van der Waals surface area (Å²) >= 11 is 0. The van der Waals surface area contributed by atoms with Crippen LogP contribution in [0.15, 0.2) is 77.8 Å². The van der Waals surface area contributed by atoms with Crippen LogP contribution in [0.4, 0.5) is 5.69 Å². The molecule has 0 aliphatic rings. The largest absolute Gasteiger partial charge is 0.478 e. The van der Waals surface area contributed by atoms with Crippen molar-refractivity contribution in [2.24, 2.45) is 0 Å². The van der Waals surface area contributed by atoms with Crippen molar-refractivity contribution in [1.29, 1.82) is 0 Å². The molecule has 2 aromatic carbocycles. The van der Waals surface area contributed by atoms with Crippen LogP contribution in [0.1, 0.15) is 0 Å². The average Bonchev–Trinajstić information content (AvgIpc) is 3.04. The van der Waals surface area contributed by atoms with Crippen molar-refractivity contribution in [2.45, 2.75) is 4.90 Å². The predicted octanol–water partition coefficient (Wildman–Crippen LogP) is 2.46. The van der Waals surface area contributed by atoms with Crippen molar-refractivity contribution in [3.63, 3.8) is 0 Å². The molecule has 0 saturated carbocycles. The quantitative estimate of drug-likeness (QED) is 0.671. The number of rotatable bonds is 5. The molecule has 3 aromatic rings. The van der Waals surface area contributed by atoms with Gasteiger partial charge in [0.2, 0.25) is 5.91 Å². The van der Waals surface area contributed by atoms with Crippen LogP contribution in [0.3, 0.4) is 0 Å². The third-order valence-electron chi connectivity index (χ3n) is 3.60. The second-order valence-corrected chi connectivity index (χ2v) is 7.18. The van der Waals surface area contributed by atoms with Crippen LogP contribution in [0.5, 0.6) is 0 Å². The molecule has 0 unspecified atom stereocenters. The van der Waals surface area contributed by atoms with Crippen molar-refractivity contribution >= 4 is 38.5 Å². The summed E-state index contributed by atoms with van der Waals surface area (Å²) in [6.07, 6.45) is 3.08. The topological polar surface area (TPSA) is 105 Å². The molecule has 0 saturated heterocycles. The van der Waals surface area contributed by atoms with Gasteiger partial charge in [0.05, 0.1) is 10.4 Å². The van der Waals surface area contributed by atoms with E-state index < -0.39 is 21.9 Å². The van der Waals surface area contributed by atoms with Gasteiger partial charge in [-0.15, -0.1) is 0 Å². The van der Waals surface area contributed by atoms with Gasteiger partial charge in [0.15, 0.2) is 0 Å². The van der Waals surface area contributed by atoms with E-state index >= 15 is 0 Å². The molecule has 0 fully saturated rings. The van der Waals surface area contributed by atoms with Gasteiger partial charge in [-0.05, 0) is 36.4 Å². The summed E-state index contributed by atoms with van der Waals surface area (Å²) < 4.78 is 26.7. The maximum absolute atomic E-state index is 12.7. The summed E-state index contributed by atoms with van der Waals surface area (Å²) in [4.78, 5) is 22.2. The van der Waals surface area contributed by atoms with E-state index in [2.05, 4.69) is 5.32 Å². The van der Waals surface area contributed by atoms with Crippen LogP contribution in [-0.2, 0) is 19.6 Å². The van der Waals surface area contributed by atoms with Crippen molar-refractivity contribution < 1.29 is 23.1 Å². The molecule has 1 heterocycles. The summed E-state index contributed by atoms with van der Waals surface area (Å²) in [5, 5.41) is 11.7. The molecular weight excluding hydrogens is 356 g/mol. The normalized spacial score (nSPS) is 11.7. The maximum Gasteiger partial charge on any atom is 0.328 e. The van der Waals surface area contributed by atoms with E-state index in [1.54, 1.807) is 42.5 Å². The summed E-state index contributed by atoms with van der Waals surface area (Å²) in [6, 6.07) is 14.4. The number of nitrogens with zero attached hydrogens (tertiary/aromatic N) is 1. The number of carbonyl (C=O) groups is 2. The number of carbonyl (C=O) groups excluding carboxylic acids is 1. The van der Waals surface area contributed by atoms with Gasteiger partial charge in [0.1, 0.15) is 0 Å². The predicted molar refractivity (Wildman–Crippen MR) is 96.4 cm³/mol. The second-order valence-electron chi connectivity index (χ2n) is 5.36. The first-order valence-electron chi connectivity index (χ1n) is 7.52. The fraction of sp³-hybridized carbons (Fsp3) is 0. The van der Waals surface area contributed by atoms with E-state index in [4.69, 9.17) is 5.11 Å². The first kappa shape index (κ1) is 17.4. The lowest BCUT2D eigenvalue weighted by Crippen LogP contribution is -2.11. The Bertz CT molecular complexity index is 1110. The molecule has 1 aromatic heterocycles. The van der Waals surface area contributed by atoms with Gasteiger partial charge >= 0.3 is 5.97 Å². The van der Waals surface area contributed by atoms with Gasteiger partial charge in [-0.1, -0.05) is 18.2 Å². The molecular formula is C18H14N2O5S. The SMILES string of the molecule is O=C(O)C=CC(=O)Nc1ccc2c(ccn2S(=O)(=O)c2ccccc2)c1. The van der Waals surface area contributed by atoms with Gasteiger partial charge < -0.3 is 10.4 Å². The van der Waals surface area contributed by atoms with Crippen LogP contribution < -0.4 is 5.32 Å². The van der Waals surface area contributed by atoms with Gasteiger partial charge in [-0.2, -0.15) is 0 Å². The van der Waals surface area contributed by atoms with Gasteiger partial charge in [-0.3, -0.25) is 4.79 Å². The highest BCUT2D eigenvalue weighted by Crippen LogP contribution is 2.24. The summed E-state index contributed by atoms with van der Waals surface area (Å²) in [6.45, 7) is 0. The molecule has 8 heteroatoms. The van der Waals surface area contributed by atoms with E-state index in [-0.39, 0.29) is 4.90 Å². The highest BCUT2D eigenvalue weighted by Gasteiger charge is 2.18. The fourth-order valence-electron chi connectivity index (χ4n) is 2.44. The van der Waals surface area contributed by atoms with Crippen LogP contribution in [0.25, 0.3) is 10.9 Å². The van der Waals surface area contributed by atoms with Crippen molar-refractivity contribution in [3.05, 3.63) is 72.9 Å². The minimum absolute atomic E-state index is 0.175. The minimum Gasteiger partial charge on any atom is -0.478 e. The summed E-state index contributed by atoms with van der Waals surface area (Å²) in [5.41, 5.74) is 0.889. The number of aliphatic carboxylic acids is 1. The van der Waals surface area contributed by atoms with Crippen LogP contribution >= 0.6 is 0 Å². The zero-order chi connectivity index (χ0) is 18.7. The lowest BCUT2D eigenvalue weighted by atomic mass is 10.2. The Hall–Kier alpha value is -3.39. The van der Waals surface area contributed by atoms with E-state index in [9.17, 15) is 18.0 Å². The Labute approximate surface area is 149 Å². The summed E-state index contributed by atoms with van der Waals surface area (Å²) in [7, 11) is -3.72. The second kappa shape index (κ2) is 6.85. The summed E-state index contributed by atoms with van der Waals surface area (Å²) in [5.74, 6) is -1.82. The molecule has 132 valence electrons. The average molecular weight is 370 g/mol. The van der Waals surface area contributed by atoms with Crippen LogP contribution in [0.2, 0.25) is 0 Å². The minimum atomic E-state index is -3.72. The monoisotopic (exact) mass is 370 g/mol. The van der Waals surface area contributed by atoms with Crippen molar-refractivity contribution in [3.8, 4) is 0 Å². The number of anilines is 1. The first-order chi connectivity index (χ1) is 12.4. The lowest BCUT2D eigenvalue weighted by Gasteiger charge is -2.08. The highest BCUT2D eigenvalue weighted by atomic mass is 32.2. The molecule has 0 aliphatic heterocycles. The number of amides is 1. The number of benzene rings is 2. The number of fused-ring (bicyclic) bond motifs is 1. The van der Waals surface area contributed by atoms with Gasteiger partial charge in [-0.25, -0.2) is 17.2 Å². The van der Waals surface area contributed by atoms with Crippen molar-refractivity contribution in [2.75, 3.05) is 5.32 Å². The molecule has 2 N–H and O–H groups in total. The van der Waals surface area contributed by atoms with Crippen LogP contribution in [0, 0.1) is 0 Å². The Morgan fingerprint density at radius 3 is 2.42 bits per heavy atom. The zero-order valence-corrected chi connectivity index (χ0v) is 14.2. The third kappa shape index (κ3) is 3.50. The van der Waals surface area contributed by atoms with Crippen LogP contribution in [-0.4, -0.2) is 29.4 Å². The molecule has 1 amide bonds. The number of nitrogens with one attached hydrogen (secondary N) is 1. The molecule has 0 radical (unpaired) electrons. The maximum atomic E-state index is 12.7. The molecule has 3 rings (SSSR count). The Morgan fingerprint density at radius 1 is 1.00 bits per heavy atom. The number of carboxylic acids is 1. The van der Waals surface area contributed by atoms with E-state index in [1.165, 1.54) is 22.3 Å². The Morgan fingerprint density at radius 2 is 1.73 bits per heavy atom. The highest BCUT2D eigenvalue weighted by molar-refractivity contribution is 7.90.